The summed E-state index contributed by atoms with van der Waals surface area (Å²) in [5.41, 5.74) is 0.520. The van der Waals surface area contributed by atoms with Crippen molar-refractivity contribution in [2.45, 2.75) is 11.7 Å². The predicted molar refractivity (Wildman–Crippen MR) is 117 cm³/mol. The Hall–Kier alpha value is -3.52. The van der Waals surface area contributed by atoms with E-state index in [0.29, 0.717) is 29.5 Å². The highest BCUT2D eigenvalue weighted by Crippen LogP contribution is 2.53. The number of ether oxygens (including phenoxy) is 4. The summed E-state index contributed by atoms with van der Waals surface area (Å²) in [5, 5.41) is 2.92. The van der Waals surface area contributed by atoms with Crippen LogP contribution in [0.15, 0.2) is 54.6 Å². The Morgan fingerprint density at radius 2 is 1.81 bits per heavy atom. The van der Waals surface area contributed by atoms with Gasteiger partial charge in [0.2, 0.25) is 11.8 Å². The first kappa shape index (κ1) is 20.4. The van der Waals surface area contributed by atoms with Gasteiger partial charge in [-0.15, -0.1) is 0 Å². The molecule has 5 rings (SSSR count). The van der Waals surface area contributed by atoms with E-state index < -0.39 is 23.5 Å². The molecule has 2 aromatic rings. The monoisotopic (exact) mass is 436 g/mol. The van der Waals surface area contributed by atoms with Crippen LogP contribution in [0.1, 0.15) is 0 Å². The molecule has 4 atom stereocenters. The number of hydrogen-bond donors (Lipinski definition) is 1. The van der Waals surface area contributed by atoms with E-state index in [0.717, 1.165) is 5.69 Å². The van der Waals surface area contributed by atoms with Crippen LogP contribution in [0.4, 0.5) is 11.4 Å². The largest absolute Gasteiger partial charge is 0.497 e. The normalized spacial score (nSPS) is 27.4. The molecule has 1 spiro atoms. The highest BCUT2D eigenvalue weighted by molar-refractivity contribution is 6.05. The molecule has 2 saturated heterocycles. The maximum atomic E-state index is 13.4. The van der Waals surface area contributed by atoms with Crippen molar-refractivity contribution in [2.24, 2.45) is 11.8 Å². The Morgan fingerprint density at radius 3 is 2.50 bits per heavy atom. The number of fused-ring (bicyclic) bond motifs is 1. The van der Waals surface area contributed by atoms with Crippen LogP contribution in [0.3, 0.4) is 0 Å². The Labute approximate surface area is 185 Å². The second-order valence-corrected chi connectivity index (χ2v) is 8.08. The number of rotatable bonds is 6. The molecular weight excluding hydrogens is 412 g/mol. The second-order valence-electron chi connectivity index (χ2n) is 8.08. The number of nitrogens with one attached hydrogen (secondary N) is 1. The molecule has 32 heavy (non-hydrogen) atoms. The molecule has 166 valence electrons. The third kappa shape index (κ3) is 3.02. The zero-order chi connectivity index (χ0) is 22.5. The summed E-state index contributed by atoms with van der Waals surface area (Å²) in [5.74, 6) is 0.203. The molecule has 3 heterocycles. The highest BCUT2D eigenvalue weighted by atomic mass is 16.5. The van der Waals surface area contributed by atoms with Crippen molar-refractivity contribution in [1.82, 2.24) is 0 Å². The van der Waals surface area contributed by atoms with Gasteiger partial charge in [-0.2, -0.15) is 0 Å². The van der Waals surface area contributed by atoms with Gasteiger partial charge in [-0.05, 0) is 36.4 Å². The summed E-state index contributed by atoms with van der Waals surface area (Å²) in [6.07, 6.45) is 3.39. The van der Waals surface area contributed by atoms with Crippen LogP contribution in [-0.4, -0.2) is 51.4 Å². The Balaban J connectivity index is 1.39. The van der Waals surface area contributed by atoms with Crippen LogP contribution >= 0.6 is 0 Å². The molecule has 0 saturated carbocycles. The summed E-state index contributed by atoms with van der Waals surface area (Å²) in [6, 6.07) is 12.4. The van der Waals surface area contributed by atoms with Gasteiger partial charge in [0.15, 0.2) is 11.5 Å². The molecule has 2 bridgehead atoms. The molecule has 2 aromatic carbocycles. The van der Waals surface area contributed by atoms with Crippen LogP contribution in [0, 0.1) is 11.8 Å². The molecule has 3 aliphatic heterocycles. The highest BCUT2D eigenvalue weighted by Gasteiger charge is 2.67. The standard InChI is InChI=1S/C24H24N2O6/c1-29-16-7-5-15(6-8-16)26-13-24-11-10-18(32-24)20(21(24)23(26)28)22(27)25-14-4-9-17(30-2)19(12-14)31-3/h4-12,18,20-21H,13H2,1-3H3,(H,25,27)/t18?,20?,21-,24?/m0/s1. The fourth-order valence-corrected chi connectivity index (χ4v) is 4.92. The first-order chi connectivity index (χ1) is 15.5. The molecule has 3 aliphatic rings. The SMILES string of the molecule is COc1ccc(N2CC34C=CC(O3)C(C(=O)Nc3ccc(OC)c(OC)c3)[C@H]4C2=O)cc1. The van der Waals surface area contributed by atoms with Gasteiger partial charge in [0.25, 0.3) is 0 Å². The molecule has 3 unspecified atom stereocenters. The first-order valence-electron chi connectivity index (χ1n) is 10.3. The molecular formula is C24H24N2O6. The molecule has 2 fully saturated rings. The minimum absolute atomic E-state index is 0.116. The lowest BCUT2D eigenvalue weighted by molar-refractivity contribution is -0.128. The molecule has 0 aromatic heterocycles. The van der Waals surface area contributed by atoms with Gasteiger partial charge >= 0.3 is 0 Å². The molecule has 8 nitrogen and oxygen atoms in total. The third-order valence-electron chi connectivity index (χ3n) is 6.44. The fraction of sp³-hybridized carbons (Fsp3) is 0.333. The number of carbonyl (C=O) groups excluding carboxylic acids is 2. The van der Waals surface area contributed by atoms with E-state index in [1.807, 2.05) is 36.4 Å². The zero-order valence-corrected chi connectivity index (χ0v) is 18.0. The third-order valence-corrected chi connectivity index (χ3v) is 6.44. The number of methoxy groups -OCH3 is 3. The van der Waals surface area contributed by atoms with Crippen molar-refractivity contribution in [3.63, 3.8) is 0 Å². The van der Waals surface area contributed by atoms with E-state index in [2.05, 4.69) is 5.32 Å². The van der Waals surface area contributed by atoms with E-state index in [1.54, 1.807) is 37.3 Å². The summed E-state index contributed by atoms with van der Waals surface area (Å²) >= 11 is 0. The number of amides is 2. The Morgan fingerprint density at radius 1 is 1.06 bits per heavy atom. The lowest BCUT2D eigenvalue weighted by Gasteiger charge is -2.23. The van der Waals surface area contributed by atoms with Gasteiger partial charge in [0, 0.05) is 17.4 Å². The quantitative estimate of drug-likeness (QED) is 0.701. The lowest BCUT2D eigenvalue weighted by atomic mass is 9.77. The van der Waals surface area contributed by atoms with Crippen molar-refractivity contribution in [3.8, 4) is 17.2 Å². The number of hydrogen-bond acceptors (Lipinski definition) is 6. The van der Waals surface area contributed by atoms with Crippen LogP contribution in [0.2, 0.25) is 0 Å². The van der Waals surface area contributed by atoms with Crippen LogP contribution in [-0.2, 0) is 14.3 Å². The van der Waals surface area contributed by atoms with E-state index in [1.165, 1.54) is 7.11 Å². The number of anilines is 2. The number of benzene rings is 2. The second kappa shape index (κ2) is 7.56. The van der Waals surface area contributed by atoms with Crippen molar-refractivity contribution in [1.29, 1.82) is 0 Å². The van der Waals surface area contributed by atoms with Gasteiger partial charge in [0.1, 0.15) is 11.4 Å². The van der Waals surface area contributed by atoms with Crippen molar-refractivity contribution in [3.05, 3.63) is 54.6 Å². The zero-order valence-electron chi connectivity index (χ0n) is 18.0. The fourth-order valence-electron chi connectivity index (χ4n) is 4.92. The van der Waals surface area contributed by atoms with Crippen molar-refractivity contribution < 1.29 is 28.5 Å². The van der Waals surface area contributed by atoms with E-state index in [4.69, 9.17) is 18.9 Å². The van der Waals surface area contributed by atoms with E-state index in [-0.39, 0.29) is 11.8 Å². The van der Waals surface area contributed by atoms with E-state index in [9.17, 15) is 9.59 Å². The van der Waals surface area contributed by atoms with Gasteiger partial charge < -0.3 is 29.2 Å². The minimum Gasteiger partial charge on any atom is -0.497 e. The Kier molecular flexibility index (Phi) is 4.82. The number of carbonyl (C=O) groups is 2. The summed E-state index contributed by atoms with van der Waals surface area (Å²) in [7, 11) is 4.68. The van der Waals surface area contributed by atoms with Gasteiger partial charge in [0.05, 0.1) is 45.8 Å². The predicted octanol–water partition coefficient (Wildman–Crippen LogP) is 2.64. The van der Waals surface area contributed by atoms with Gasteiger partial charge in [-0.3, -0.25) is 9.59 Å². The summed E-state index contributed by atoms with van der Waals surface area (Å²) in [6.45, 7) is 0.371. The topological polar surface area (TPSA) is 86.3 Å². The average Bonchev–Trinajstić information content (AvgIpc) is 3.47. The minimum atomic E-state index is -0.790. The summed E-state index contributed by atoms with van der Waals surface area (Å²) < 4.78 is 22.0. The number of nitrogens with zero attached hydrogens (tertiary/aromatic N) is 1. The molecule has 2 amide bonds. The van der Waals surface area contributed by atoms with Crippen molar-refractivity contribution >= 4 is 23.2 Å². The van der Waals surface area contributed by atoms with Gasteiger partial charge in [-0.25, -0.2) is 0 Å². The van der Waals surface area contributed by atoms with E-state index >= 15 is 0 Å². The molecule has 0 radical (unpaired) electrons. The Bertz CT molecular complexity index is 1100. The smallest absolute Gasteiger partial charge is 0.234 e. The first-order valence-corrected chi connectivity index (χ1v) is 10.3. The lowest BCUT2D eigenvalue weighted by Crippen LogP contribution is -2.41. The molecule has 8 heteroatoms. The molecule has 1 N–H and O–H groups in total. The summed E-state index contributed by atoms with van der Waals surface area (Å²) in [4.78, 5) is 28.4. The van der Waals surface area contributed by atoms with Crippen molar-refractivity contribution in [2.75, 3.05) is 38.1 Å². The maximum absolute atomic E-state index is 13.4. The van der Waals surface area contributed by atoms with Crippen LogP contribution in [0.5, 0.6) is 17.2 Å². The maximum Gasteiger partial charge on any atom is 0.234 e. The van der Waals surface area contributed by atoms with Gasteiger partial charge in [-0.1, -0.05) is 12.2 Å². The van der Waals surface area contributed by atoms with Crippen LogP contribution in [0.25, 0.3) is 0 Å². The average molecular weight is 436 g/mol. The van der Waals surface area contributed by atoms with Crippen LogP contribution < -0.4 is 24.4 Å². The molecule has 0 aliphatic carbocycles.